The van der Waals surface area contributed by atoms with E-state index < -0.39 is 0 Å². The van der Waals surface area contributed by atoms with Gasteiger partial charge in [-0.15, -0.1) is 17.0 Å². The Morgan fingerprint density at radius 1 is 1.33 bits per heavy atom. The summed E-state index contributed by atoms with van der Waals surface area (Å²) < 4.78 is 0. The summed E-state index contributed by atoms with van der Waals surface area (Å²) in [7, 11) is 2.08. The van der Waals surface area contributed by atoms with Crippen LogP contribution in [0.5, 0.6) is 0 Å². The predicted octanol–water partition coefficient (Wildman–Crippen LogP) is 0.733. The van der Waals surface area contributed by atoms with Gasteiger partial charge < -0.3 is 9.80 Å². The molecule has 0 aliphatic carbocycles. The van der Waals surface area contributed by atoms with Crippen LogP contribution in [-0.2, 0) is 4.79 Å². The lowest BCUT2D eigenvalue weighted by molar-refractivity contribution is -0.129. The quantitative estimate of drug-likeness (QED) is 0.667. The lowest BCUT2D eigenvalue weighted by atomic mass is 10.3. The molecular weight excluding hydrogens is 288 g/mol. The van der Waals surface area contributed by atoms with Gasteiger partial charge in [-0.05, 0) is 7.05 Å². The maximum absolute atomic E-state index is 11.1. The molecule has 0 N–H and O–H groups in total. The zero-order valence-electron chi connectivity index (χ0n) is 7.12. The van der Waals surface area contributed by atoms with Crippen molar-refractivity contribution in [3.8, 4) is 0 Å². The first-order chi connectivity index (χ1) is 5.24. The second kappa shape index (κ2) is 5.94. The third-order valence-electron chi connectivity index (χ3n) is 1.97. The molecule has 1 fully saturated rings. The van der Waals surface area contributed by atoms with Gasteiger partial charge >= 0.3 is 0 Å². The van der Waals surface area contributed by atoms with Crippen LogP contribution in [0.4, 0.5) is 0 Å². The van der Waals surface area contributed by atoms with E-state index in [1.165, 1.54) is 0 Å². The molecule has 0 unspecified atom stereocenters. The summed E-state index contributed by atoms with van der Waals surface area (Å²) in [5.41, 5.74) is 0. The fourth-order valence-corrected chi connectivity index (χ4v) is 1.50. The molecule has 0 atom stereocenters. The van der Waals surface area contributed by atoms with Gasteiger partial charge in [0, 0.05) is 26.2 Å². The molecule has 12 heavy (non-hydrogen) atoms. The zero-order chi connectivity index (χ0) is 8.27. The molecule has 1 rings (SSSR count). The van der Waals surface area contributed by atoms with Crippen LogP contribution in [0.25, 0.3) is 0 Å². The number of rotatable bonds is 1. The third kappa shape index (κ3) is 3.41. The molecule has 1 amide bonds. The summed E-state index contributed by atoms with van der Waals surface area (Å²) in [6, 6.07) is 0. The number of piperazine rings is 1. The largest absolute Gasteiger partial charge is 0.339 e. The molecule has 0 aromatic rings. The second-order valence-electron chi connectivity index (χ2n) is 2.82. The number of likely N-dealkylation sites (N-methyl/N-ethyl adjacent to an activating group) is 1. The van der Waals surface area contributed by atoms with Crippen LogP contribution in [0, 0.1) is 0 Å². The Morgan fingerprint density at radius 2 is 1.83 bits per heavy atom. The standard InChI is InChI=1S/C7H13BrN2O.BrH/c1-9-2-4-10(5-3-9)7(11)6-8;/h2-6H2,1H3;1H. The van der Waals surface area contributed by atoms with Crippen molar-refractivity contribution in [1.82, 2.24) is 9.80 Å². The Morgan fingerprint density at radius 3 is 2.25 bits per heavy atom. The predicted molar refractivity (Wildman–Crippen MR) is 58.2 cm³/mol. The van der Waals surface area contributed by atoms with Gasteiger partial charge in [-0.3, -0.25) is 4.79 Å². The highest BCUT2D eigenvalue weighted by Gasteiger charge is 2.17. The molecule has 5 heteroatoms. The molecule has 0 aromatic heterocycles. The molecule has 0 saturated carbocycles. The SMILES string of the molecule is Br.CN1CCN(C(=O)CBr)CC1. The minimum Gasteiger partial charge on any atom is -0.339 e. The van der Waals surface area contributed by atoms with Crippen molar-refractivity contribution < 1.29 is 4.79 Å². The Kier molecular flexibility index (Phi) is 6.13. The Bertz CT molecular complexity index is 146. The number of carbonyl (C=O) groups is 1. The number of nitrogens with zero attached hydrogens (tertiary/aromatic N) is 2. The van der Waals surface area contributed by atoms with E-state index in [0.717, 1.165) is 26.2 Å². The molecule has 0 aromatic carbocycles. The summed E-state index contributed by atoms with van der Waals surface area (Å²) in [5, 5.41) is 0.455. The molecule has 1 aliphatic heterocycles. The highest BCUT2D eigenvalue weighted by atomic mass is 79.9. The minimum atomic E-state index is 0. The van der Waals surface area contributed by atoms with E-state index in [-0.39, 0.29) is 22.9 Å². The minimum absolute atomic E-state index is 0. The summed E-state index contributed by atoms with van der Waals surface area (Å²) in [6.07, 6.45) is 0. The molecule has 3 nitrogen and oxygen atoms in total. The second-order valence-corrected chi connectivity index (χ2v) is 3.38. The van der Waals surface area contributed by atoms with Crippen molar-refractivity contribution >= 4 is 38.8 Å². The Labute approximate surface area is 92.0 Å². The topological polar surface area (TPSA) is 23.6 Å². The van der Waals surface area contributed by atoms with Gasteiger partial charge in [0.2, 0.25) is 5.91 Å². The molecule has 0 radical (unpaired) electrons. The van der Waals surface area contributed by atoms with Crippen LogP contribution in [0.2, 0.25) is 0 Å². The van der Waals surface area contributed by atoms with Gasteiger partial charge in [0.1, 0.15) is 0 Å². The number of hydrogen-bond acceptors (Lipinski definition) is 2. The molecule has 1 heterocycles. The van der Waals surface area contributed by atoms with Crippen molar-refractivity contribution in [3.63, 3.8) is 0 Å². The normalized spacial score (nSPS) is 18.7. The molecule has 1 saturated heterocycles. The van der Waals surface area contributed by atoms with Gasteiger partial charge in [-0.1, -0.05) is 15.9 Å². The van der Waals surface area contributed by atoms with Crippen LogP contribution >= 0.6 is 32.9 Å². The van der Waals surface area contributed by atoms with Gasteiger partial charge in [0.05, 0.1) is 5.33 Å². The average molecular weight is 302 g/mol. The van der Waals surface area contributed by atoms with E-state index in [4.69, 9.17) is 0 Å². The molecule has 0 bridgehead atoms. The summed E-state index contributed by atoms with van der Waals surface area (Å²) >= 11 is 3.16. The molecular formula is C7H14Br2N2O. The van der Waals surface area contributed by atoms with Crippen molar-refractivity contribution in [1.29, 1.82) is 0 Å². The van der Waals surface area contributed by atoms with Crippen molar-refractivity contribution in [3.05, 3.63) is 0 Å². The van der Waals surface area contributed by atoms with Crippen LogP contribution in [0.3, 0.4) is 0 Å². The first-order valence-corrected chi connectivity index (χ1v) is 4.88. The van der Waals surface area contributed by atoms with E-state index in [2.05, 4.69) is 27.9 Å². The van der Waals surface area contributed by atoms with Gasteiger partial charge in [-0.2, -0.15) is 0 Å². The first-order valence-electron chi connectivity index (χ1n) is 3.76. The molecule has 1 aliphatic rings. The summed E-state index contributed by atoms with van der Waals surface area (Å²) in [4.78, 5) is 15.3. The monoisotopic (exact) mass is 300 g/mol. The highest BCUT2D eigenvalue weighted by Crippen LogP contribution is 2.00. The number of amides is 1. The van der Waals surface area contributed by atoms with Crippen molar-refractivity contribution in [2.24, 2.45) is 0 Å². The highest BCUT2D eigenvalue weighted by molar-refractivity contribution is 9.09. The number of alkyl halides is 1. The smallest absolute Gasteiger partial charge is 0.233 e. The van der Waals surface area contributed by atoms with Crippen LogP contribution in [0.1, 0.15) is 0 Å². The van der Waals surface area contributed by atoms with E-state index in [9.17, 15) is 4.79 Å². The summed E-state index contributed by atoms with van der Waals surface area (Å²) in [6.45, 7) is 3.75. The van der Waals surface area contributed by atoms with Gasteiger partial charge in [0.15, 0.2) is 0 Å². The van der Waals surface area contributed by atoms with Gasteiger partial charge in [-0.25, -0.2) is 0 Å². The van der Waals surface area contributed by atoms with Crippen LogP contribution in [-0.4, -0.2) is 54.3 Å². The number of carbonyl (C=O) groups excluding carboxylic acids is 1. The van der Waals surface area contributed by atoms with Crippen LogP contribution in [0.15, 0.2) is 0 Å². The lowest BCUT2D eigenvalue weighted by Gasteiger charge is -2.31. The molecule has 0 spiro atoms. The van der Waals surface area contributed by atoms with Gasteiger partial charge in [0.25, 0.3) is 0 Å². The maximum atomic E-state index is 11.1. The Balaban J connectivity index is 0.00000121. The maximum Gasteiger partial charge on any atom is 0.233 e. The zero-order valence-corrected chi connectivity index (χ0v) is 10.4. The number of hydrogen-bond donors (Lipinski definition) is 0. The van der Waals surface area contributed by atoms with E-state index >= 15 is 0 Å². The third-order valence-corrected chi connectivity index (χ3v) is 2.45. The molecule has 72 valence electrons. The Hall–Kier alpha value is 0.390. The average Bonchev–Trinajstić information content (AvgIpc) is 2.05. The fraction of sp³-hybridized carbons (Fsp3) is 0.857. The van der Waals surface area contributed by atoms with Crippen LogP contribution < -0.4 is 0 Å². The number of halogens is 2. The van der Waals surface area contributed by atoms with Crippen molar-refractivity contribution in [2.75, 3.05) is 38.6 Å². The van der Waals surface area contributed by atoms with Crippen molar-refractivity contribution in [2.45, 2.75) is 0 Å². The summed E-state index contributed by atoms with van der Waals surface area (Å²) in [5.74, 6) is 0.207. The fourth-order valence-electron chi connectivity index (χ4n) is 1.14. The lowest BCUT2D eigenvalue weighted by Crippen LogP contribution is -2.47. The van der Waals surface area contributed by atoms with E-state index in [0.29, 0.717) is 5.33 Å². The van der Waals surface area contributed by atoms with E-state index in [1.54, 1.807) is 0 Å². The van der Waals surface area contributed by atoms with E-state index in [1.807, 2.05) is 4.90 Å². The first kappa shape index (κ1) is 12.4.